The number of pyridine rings is 1. The molecule has 1 atom stereocenters. The van der Waals surface area contributed by atoms with Crippen LogP contribution in [0.1, 0.15) is 16.8 Å². The maximum atomic E-state index is 14.6. The third-order valence-corrected chi connectivity index (χ3v) is 6.23. The van der Waals surface area contributed by atoms with E-state index in [1.165, 1.54) is 23.1 Å². The van der Waals surface area contributed by atoms with Crippen LogP contribution in [-0.4, -0.2) is 67.5 Å². The highest BCUT2D eigenvalue weighted by atomic mass is 32.1. The predicted octanol–water partition coefficient (Wildman–Crippen LogP) is 4.65. The zero-order valence-electron chi connectivity index (χ0n) is 18.5. The van der Waals surface area contributed by atoms with E-state index >= 15 is 0 Å². The zero-order valence-corrected chi connectivity index (χ0v) is 19.3. The Morgan fingerprint density at radius 3 is 2.62 bits per heavy atom. The van der Waals surface area contributed by atoms with E-state index in [-0.39, 0.29) is 24.2 Å². The van der Waals surface area contributed by atoms with Crippen molar-refractivity contribution in [3.8, 4) is 5.19 Å². The van der Waals surface area contributed by atoms with Crippen LogP contribution < -0.4 is 4.74 Å². The van der Waals surface area contributed by atoms with Crippen molar-refractivity contribution >= 4 is 39.1 Å². The van der Waals surface area contributed by atoms with E-state index in [0.717, 1.165) is 11.3 Å². The molecule has 4 aromatic rings. The summed E-state index contributed by atoms with van der Waals surface area (Å²) in [7, 11) is 0. The molecule has 37 heavy (non-hydrogen) atoms. The summed E-state index contributed by atoms with van der Waals surface area (Å²) in [5.74, 6) is -6.71. The normalized spacial score (nSPS) is 17.4. The minimum absolute atomic E-state index is 0.0185. The number of imidazole rings is 1. The van der Waals surface area contributed by atoms with Crippen LogP contribution in [0, 0.1) is 5.82 Å². The summed E-state index contributed by atoms with van der Waals surface area (Å²) in [5, 5.41) is 7.14. The molecule has 0 radical (unpaired) electrons. The molecule has 1 aliphatic heterocycles. The molecule has 0 spiro atoms. The Morgan fingerprint density at radius 1 is 1.19 bits per heavy atom. The van der Waals surface area contributed by atoms with Crippen molar-refractivity contribution in [2.45, 2.75) is 24.6 Å². The third kappa shape index (κ3) is 5.76. The maximum absolute atomic E-state index is 14.6. The number of fused-ring (bicyclic) bond motifs is 2. The van der Waals surface area contributed by atoms with Gasteiger partial charge in [0.25, 0.3) is 17.0 Å². The second-order valence-electron chi connectivity index (χ2n) is 7.84. The van der Waals surface area contributed by atoms with Gasteiger partial charge >= 0.3 is 12.1 Å². The number of carboxylic acids is 1. The van der Waals surface area contributed by atoms with Crippen LogP contribution in [0.5, 0.6) is 5.19 Å². The van der Waals surface area contributed by atoms with Gasteiger partial charge in [0.15, 0.2) is 6.10 Å². The molecule has 0 unspecified atom stereocenters. The van der Waals surface area contributed by atoms with Crippen LogP contribution in [0.15, 0.2) is 48.9 Å². The number of carbonyl (C=O) groups is 2. The minimum atomic E-state index is -5.08. The van der Waals surface area contributed by atoms with Gasteiger partial charge in [-0.2, -0.15) is 13.2 Å². The highest BCUT2D eigenvalue weighted by Crippen LogP contribution is 2.35. The van der Waals surface area contributed by atoms with Crippen molar-refractivity contribution in [1.82, 2.24) is 19.3 Å². The van der Waals surface area contributed by atoms with E-state index in [1.54, 1.807) is 35.1 Å². The molecule has 0 bridgehead atoms. The molecule has 4 heterocycles. The summed E-state index contributed by atoms with van der Waals surface area (Å²) in [6.45, 7) is -0.392. The molecular formula is C22H16F6N4O4S. The second kappa shape index (κ2) is 9.88. The highest BCUT2D eigenvalue weighted by molar-refractivity contribution is 7.20. The number of hydrogen-bond acceptors (Lipinski definition) is 6. The van der Waals surface area contributed by atoms with E-state index in [2.05, 4.69) is 9.97 Å². The molecule has 8 nitrogen and oxygen atoms in total. The number of carboxylic acid groups (broad SMARTS) is 1. The number of likely N-dealkylation sites (tertiary alicyclic amines) is 1. The Morgan fingerprint density at radius 2 is 1.92 bits per heavy atom. The standard InChI is InChI=1S/C20H15F3N4O2S.C2HF3O2/c21-12-3-4-14-15(10-12)30-19(25-14)29-16-11-27(8-5-20(16,22)23)18(28)13-2-1-7-26-9-6-24-17(13)26;3-2(4,5)1(6)7/h1-4,6-7,9-10,16H,5,8,11H2;(H,6,7)/t16-;/m0./s1. The van der Waals surface area contributed by atoms with E-state index in [1.807, 2.05) is 0 Å². The first-order valence-corrected chi connectivity index (χ1v) is 11.3. The number of halogens is 6. The third-order valence-electron chi connectivity index (χ3n) is 5.33. The second-order valence-corrected chi connectivity index (χ2v) is 8.84. The van der Waals surface area contributed by atoms with Crippen LogP contribution in [0.4, 0.5) is 26.3 Å². The molecule has 1 fully saturated rings. The van der Waals surface area contributed by atoms with Crippen LogP contribution >= 0.6 is 11.3 Å². The topological polar surface area (TPSA) is 97.0 Å². The number of aliphatic carboxylic acids is 1. The predicted molar refractivity (Wildman–Crippen MR) is 118 cm³/mol. The molecule has 0 aliphatic carbocycles. The number of nitrogens with zero attached hydrogens (tertiary/aromatic N) is 4. The first-order chi connectivity index (χ1) is 17.3. The fourth-order valence-electron chi connectivity index (χ4n) is 3.51. The van der Waals surface area contributed by atoms with E-state index < -0.39 is 36.4 Å². The quantitative estimate of drug-likeness (QED) is 0.376. The maximum Gasteiger partial charge on any atom is 0.490 e. The Labute approximate surface area is 207 Å². The lowest BCUT2D eigenvalue weighted by Crippen LogP contribution is -2.55. The molecule has 1 N–H and O–H groups in total. The summed E-state index contributed by atoms with van der Waals surface area (Å²) < 4.78 is 81.9. The summed E-state index contributed by atoms with van der Waals surface area (Å²) in [5.41, 5.74) is 1.27. The molecule has 0 saturated carbocycles. The number of thiazole rings is 1. The Hall–Kier alpha value is -3.88. The lowest BCUT2D eigenvalue weighted by Gasteiger charge is -2.37. The van der Waals surface area contributed by atoms with E-state index in [9.17, 15) is 31.1 Å². The Bertz CT molecular complexity index is 1450. The average Bonchev–Trinajstić information content (AvgIpc) is 3.45. The van der Waals surface area contributed by atoms with Gasteiger partial charge in [-0.15, -0.1) is 0 Å². The first kappa shape index (κ1) is 26.2. The van der Waals surface area contributed by atoms with Gasteiger partial charge in [0.2, 0.25) is 0 Å². The largest absolute Gasteiger partial charge is 0.490 e. The molecule has 1 amide bonds. The fraction of sp³-hybridized carbons (Fsp3) is 0.273. The number of rotatable bonds is 3. The van der Waals surface area contributed by atoms with Gasteiger partial charge in [-0.25, -0.2) is 27.9 Å². The molecular weight excluding hydrogens is 530 g/mol. The molecule has 1 aliphatic rings. The Balaban J connectivity index is 0.000000405. The van der Waals surface area contributed by atoms with Crippen molar-refractivity contribution in [1.29, 1.82) is 0 Å². The number of hydrogen-bond donors (Lipinski definition) is 1. The SMILES string of the molecule is O=C(O)C(F)(F)F.O=C(c1cccn2ccnc12)N1CCC(F)(F)[C@@H](Oc2nc3ccc(F)cc3s2)C1. The van der Waals surface area contributed by atoms with Crippen LogP contribution in [0.25, 0.3) is 15.9 Å². The molecule has 1 saturated heterocycles. The van der Waals surface area contributed by atoms with Crippen molar-refractivity contribution in [2.75, 3.05) is 13.1 Å². The number of amides is 1. The number of aromatic nitrogens is 3. The van der Waals surface area contributed by atoms with Gasteiger partial charge in [0.1, 0.15) is 11.5 Å². The average molecular weight is 546 g/mol. The molecule has 5 rings (SSSR count). The van der Waals surface area contributed by atoms with Gasteiger partial charge in [0.05, 0.1) is 22.3 Å². The molecule has 1 aromatic carbocycles. The summed E-state index contributed by atoms with van der Waals surface area (Å²) >= 11 is 0.991. The number of alkyl halides is 5. The number of carbonyl (C=O) groups excluding carboxylic acids is 1. The first-order valence-electron chi connectivity index (χ1n) is 10.5. The van der Waals surface area contributed by atoms with E-state index in [4.69, 9.17) is 14.6 Å². The number of benzene rings is 1. The lowest BCUT2D eigenvalue weighted by atomic mass is 10.0. The fourth-order valence-corrected chi connectivity index (χ4v) is 4.40. The van der Waals surface area contributed by atoms with Gasteiger partial charge in [0, 0.05) is 31.6 Å². The smallest absolute Gasteiger partial charge is 0.475 e. The molecule has 196 valence electrons. The minimum Gasteiger partial charge on any atom is -0.475 e. The molecule has 15 heteroatoms. The summed E-state index contributed by atoms with van der Waals surface area (Å²) in [4.78, 5) is 31.6. The van der Waals surface area contributed by atoms with Crippen LogP contribution in [0.2, 0.25) is 0 Å². The summed E-state index contributed by atoms with van der Waals surface area (Å²) in [6, 6.07) is 7.32. The molecule has 3 aromatic heterocycles. The lowest BCUT2D eigenvalue weighted by molar-refractivity contribution is -0.192. The van der Waals surface area contributed by atoms with Crippen molar-refractivity contribution < 1.29 is 45.8 Å². The van der Waals surface area contributed by atoms with Gasteiger partial charge in [-0.3, -0.25) is 4.79 Å². The van der Waals surface area contributed by atoms with Gasteiger partial charge in [-0.05, 0) is 30.3 Å². The highest BCUT2D eigenvalue weighted by Gasteiger charge is 2.47. The van der Waals surface area contributed by atoms with Gasteiger partial charge in [-0.1, -0.05) is 11.3 Å². The van der Waals surface area contributed by atoms with Crippen molar-refractivity contribution in [3.63, 3.8) is 0 Å². The Kier molecular flexibility index (Phi) is 6.99. The number of piperidine rings is 1. The van der Waals surface area contributed by atoms with Crippen molar-refractivity contribution in [3.05, 3.63) is 60.3 Å². The number of ether oxygens (including phenoxy) is 1. The van der Waals surface area contributed by atoms with Crippen LogP contribution in [-0.2, 0) is 4.79 Å². The monoisotopic (exact) mass is 546 g/mol. The van der Waals surface area contributed by atoms with E-state index in [0.29, 0.717) is 21.4 Å². The van der Waals surface area contributed by atoms with Crippen LogP contribution in [0.3, 0.4) is 0 Å². The van der Waals surface area contributed by atoms with Gasteiger partial charge < -0.3 is 19.1 Å². The zero-order chi connectivity index (χ0) is 27.0. The van der Waals surface area contributed by atoms with Crippen molar-refractivity contribution in [2.24, 2.45) is 0 Å². The summed E-state index contributed by atoms with van der Waals surface area (Å²) in [6.07, 6.45) is -2.14.